The van der Waals surface area contributed by atoms with Gasteiger partial charge in [0.2, 0.25) is 0 Å². The predicted molar refractivity (Wildman–Crippen MR) is 42.6 cm³/mol. The molecule has 0 heterocycles. The molecule has 0 saturated heterocycles. The zero-order valence-electron chi connectivity index (χ0n) is 5.93. The standard InChI is InChI=1S/C7H5NO3S/c8-5-6-1-3-7(4-2-6)11-12(9)10/h1-4H,(H,9,10). The molecule has 5 heteroatoms. The molecule has 0 aliphatic rings. The maximum atomic E-state index is 10.1. The number of nitrogens with zero attached hydrogens (tertiary/aromatic N) is 1. The molecule has 0 saturated carbocycles. The first kappa shape index (κ1) is 8.71. The van der Waals surface area contributed by atoms with Gasteiger partial charge in [-0.3, -0.25) is 4.55 Å². The average molecular weight is 183 g/mol. The highest BCUT2D eigenvalue weighted by atomic mass is 32.2. The van der Waals surface area contributed by atoms with Gasteiger partial charge < -0.3 is 4.18 Å². The Morgan fingerprint density at radius 2 is 2.00 bits per heavy atom. The van der Waals surface area contributed by atoms with E-state index in [1.807, 2.05) is 6.07 Å². The van der Waals surface area contributed by atoms with Crippen molar-refractivity contribution in [2.24, 2.45) is 0 Å². The fourth-order valence-corrected chi connectivity index (χ4v) is 0.943. The van der Waals surface area contributed by atoms with Gasteiger partial charge >= 0.3 is 11.4 Å². The van der Waals surface area contributed by atoms with Gasteiger partial charge in [-0.2, -0.15) is 9.47 Å². The summed E-state index contributed by atoms with van der Waals surface area (Å²) in [6.45, 7) is 0. The van der Waals surface area contributed by atoms with E-state index in [1.54, 1.807) is 0 Å². The lowest BCUT2D eigenvalue weighted by Gasteiger charge is -1.97. The highest BCUT2D eigenvalue weighted by molar-refractivity contribution is 7.74. The van der Waals surface area contributed by atoms with Crippen molar-refractivity contribution in [2.75, 3.05) is 0 Å². The first-order chi connectivity index (χ1) is 5.72. The van der Waals surface area contributed by atoms with Gasteiger partial charge in [0, 0.05) is 0 Å². The minimum Gasteiger partial charge on any atom is -0.380 e. The van der Waals surface area contributed by atoms with Crippen LogP contribution in [0.2, 0.25) is 0 Å². The second-order valence-electron chi connectivity index (χ2n) is 1.94. The molecule has 1 rings (SSSR count). The van der Waals surface area contributed by atoms with Crippen LogP contribution < -0.4 is 4.18 Å². The number of rotatable bonds is 2. The maximum absolute atomic E-state index is 10.1. The molecule has 1 aromatic rings. The van der Waals surface area contributed by atoms with Crippen LogP contribution in [0.3, 0.4) is 0 Å². The van der Waals surface area contributed by atoms with Gasteiger partial charge in [0.05, 0.1) is 11.6 Å². The van der Waals surface area contributed by atoms with Gasteiger partial charge in [-0.15, -0.1) is 0 Å². The lowest BCUT2D eigenvalue weighted by molar-refractivity contribution is 0.458. The molecule has 12 heavy (non-hydrogen) atoms. The smallest absolute Gasteiger partial charge is 0.357 e. The lowest BCUT2D eigenvalue weighted by Crippen LogP contribution is -1.96. The number of hydrogen-bond donors (Lipinski definition) is 1. The van der Waals surface area contributed by atoms with E-state index in [2.05, 4.69) is 4.18 Å². The average Bonchev–Trinajstić information content (AvgIpc) is 2.05. The van der Waals surface area contributed by atoms with E-state index < -0.39 is 11.4 Å². The minimum atomic E-state index is -2.31. The molecule has 0 fully saturated rings. The monoisotopic (exact) mass is 183 g/mol. The van der Waals surface area contributed by atoms with Gasteiger partial charge in [-0.25, -0.2) is 0 Å². The van der Waals surface area contributed by atoms with Crippen molar-refractivity contribution in [3.8, 4) is 11.8 Å². The van der Waals surface area contributed by atoms with Gasteiger partial charge in [-0.05, 0) is 24.3 Å². The third kappa shape index (κ3) is 2.34. The highest BCUT2D eigenvalue weighted by Crippen LogP contribution is 2.11. The second kappa shape index (κ2) is 3.85. The Hall–Kier alpha value is -1.38. The fourth-order valence-electron chi connectivity index (χ4n) is 0.667. The molecule has 1 aromatic carbocycles. The van der Waals surface area contributed by atoms with Crippen LogP contribution in [0.1, 0.15) is 5.56 Å². The van der Waals surface area contributed by atoms with Gasteiger partial charge in [0.15, 0.2) is 0 Å². The highest BCUT2D eigenvalue weighted by Gasteiger charge is 1.97. The van der Waals surface area contributed by atoms with Crippen LogP contribution in [0.15, 0.2) is 24.3 Å². The van der Waals surface area contributed by atoms with Crippen LogP contribution in [0, 0.1) is 11.3 Å². The summed E-state index contributed by atoms with van der Waals surface area (Å²) in [4.78, 5) is 0. The molecule has 0 aliphatic carbocycles. The Labute approximate surface area is 71.9 Å². The topological polar surface area (TPSA) is 70.3 Å². The summed E-state index contributed by atoms with van der Waals surface area (Å²) in [6.07, 6.45) is 0. The Morgan fingerprint density at radius 1 is 1.42 bits per heavy atom. The summed E-state index contributed by atoms with van der Waals surface area (Å²) < 4.78 is 22.9. The Bertz CT molecular complexity index is 327. The van der Waals surface area contributed by atoms with Crippen molar-refractivity contribution in [3.05, 3.63) is 29.8 Å². The summed E-state index contributed by atoms with van der Waals surface area (Å²) in [5.74, 6) is 0.259. The Morgan fingerprint density at radius 3 is 2.42 bits per heavy atom. The van der Waals surface area contributed by atoms with Crippen molar-refractivity contribution < 1.29 is 12.9 Å². The van der Waals surface area contributed by atoms with Gasteiger partial charge in [0.1, 0.15) is 5.75 Å². The molecule has 0 amide bonds. The summed E-state index contributed by atoms with van der Waals surface area (Å²) in [7, 11) is 0. The van der Waals surface area contributed by atoms with Crippen molar-refractivity contribution in [2.45, 2.75) is 0 Å². The van der Waals surface area contributed by atoms with E-state index in [1.165, 1.54) is 24.3 Å². The van der Waals surface area contributed by atoms with Crippen molar-refractivity contribution >= 4 is 11.4 Å². The largest absolute Gasteiger partial charge is 0.380 e. The Balaban J connectivity index is 2.80. The summed E-state index contributed by atoms with van der Waals surface area (Å²) in [5, 5.41) is 8.41. The van der Waals surface area contributed by atoms with Gasteiger partial charge in [0.25, 0.3) is 0 Å². The lowest BCUT2D eigenvalue weighted by atomic mass is 10.2. The molecule has 1 unspecified atom stereocenters. The van der Waals surface area contributed by atoms with E-state index in [-0.39, 0.29) is 5.75 Å². The van der Waals surface area contributed by atoms with Crippen molar-refractivity contribution in [1.29, 1.82) is 5.26 Å². The molecule has 1 N–H and O–H groups in total. The molecular weight excluding hydrogens is 178 g/mol. The molecule has 0 bridgehead atoms. The molecule has 1 atom stereocenters. The van der Waals surface area contributed by atoms with Crippen LogP contribution in [-0.2, 0) is 11.4 Å². The molecule has 0 radical (unpaired) electrons. The van der Waals surface area contributed by atoms with Crippen molar-refractivity contribution in [1.82, 2.24) is 0 Å². The first-order valence-corrected chi connectivity index (χ1v) is 4.05. The molecule has 0 spiro atoms. The van der Waals surface area contributed by atoms with E-state index in [0.29, 0.717) is 5.56 Å². The fraction of sp³-hybridized carbons (Fsp3) is 0. The molecule has 0 aromatic heterocycles. The second-order valence-corrected chi connectivity index (χ2v) is 2.54. The van der Waals surface area contributed by atoms with Crippen LogP contribution in [0.4, 0.5) is 0 Å². The van der Waals surface area contributed by atoms with E-state index in [9.17, 15) is 4.21 Å². The summed E-state index contributed by atoms with van der Waals surface area (Å²) in [6, 6.07) is 7.82. The molecule has 62 valence electrons. The number of benzene rings is 1. The van der Waals surface area contributed by atoms with Gasteiger partial charge in [-0.1, -0.05) is 0 Å². The zero-order valence-corrected chi connectivity index (χ0v) is 6.75. The first-order valence-electron chi connectivity index (χ1n) is 3.02. The van der Waals surface area contributed by atoms with Crippen LogP contribution in [0.5, 0.6) is 5.75 Å². The molecular formula is C7H5NO3S. The van der Waals surface area contributed by atoms with Crippen LogP contribution >= 0.6 is 0 Å². The predicted octanol–water partition coefficient (Wildman–Crippen LogP) is 1.07. The van der Waals surface area contributed by atoms with E-state index in [4.69, 9.17) is 9.81 Å². The van der Waals surface area contributed by atoms with Crippen molar-refractivity contribution in [3.63, 3.8) is 0 Å². The van der Waals surface area contributed by atoms with E-state index >= 15 is 0 Å². The minimum absolute atomic E-state index is 0.259. The number of nitriles is 1. The SMILES string of the molecule is N#Cc1ccc(OS(=O)O)cc1. The molecule has 0 aliphatic heterocycles. The Kier molecular flexibility index (Phi) is 2.80. The third-order valence-corrected chi connectivity index (χ3v) is 1.49. The summed E-state index contributed by atoms with van der Waals surface area (Å²) in [5.41, 5.74) is 0.478. The number of hydrogen-bond acceptors (Lipinski definition) is 3. The van der Waals surface area contributed by atoms with Crippen LogP contribution in [0.25, 0.3) is 0 Å². The summed E-state index contributed by atoms with van der Waals surface area (Å²) >= 11 is -2.31. The zero-order chi connectivity index (χ0) is 8.97. The normalized spacial score (nSPS) is 11.7. The maximum Gasteiger partial charge on any atom is 0.357 e. The van der Waals surface area contributed by atoms with E-state index in [0.717, 1.165) is 0 Å². The van der Waals surface area contributed by atoms with Crippen LogP contribution in [-0.4, -0.2) is 8.76 Å². The third-order valence-electron chi connectivity index (χ3n) is 1.15. The molecule has 4 nitrogen and oxygen atoms in total. The quantitative estimate of drug-likeness (QED) is 0.696.